The second-order valence-electron chi connectivity index (χ2n) is 6.27. The summed E-state index contributed by atoms with van der Waals surface area (Å²) in [7, 11) is 0. The lowest BCUT2D eigenvalue weighted by Gasteiger charge is -2.28. The Labute approximate surface area is 113 Å². The Morgan fingerprint density at radius 1 is 1.20 bits per heavy atom. The topological polar surface area (TPSA) is 66.8 Å². The van der Waals surface area contributed by atoms with Crippen LogP contribution in [-0.2, 0) is 9.53 Å². The molecule has 2 atom stereocenters. The van der Waals surface area contributed by atoms with E-state index in [2.05, 4.69) is 0 Å². The molecule has 2 rings (SSSR count). The van der Waals surface area contributed by atoms with Crippen LogP contribution in [0.2, 0.25) is 0 Å². The average Bonchev–Trinajstić information content (AvgIpc) is 2.63. The Bertz CT molecular complexity index is 443. The van der Waals surface area contributed by atoms with Crippen molar-refractivity contribution in [1.29, 1.82) is 0 Å². The van der Waals surface area contributed by atoms with Gasteiger partial charge in [0.15, 0.2) is 5.41 Å². The molecule has 2 aliphatic rings. The van der Waals surface area contributed by atoms with Crippen molar-refractivity contribution >= 4 is 12.1 Å². The van der Waals surface area contributed by atoms with Crippen molar-refractivity contribution in [3.05, 3.63) is 0 Å². The fourth-order valence-corrected chi connectivity index (χ4v) is 2.96. The molecular formula is C12H16F3NO4. The molecule has 0 aromatic carbocycles. The molecule has 1 saturated carbocycles. The Morgan fingerprint density at radius 2 is 1.65 bits per heavy atom. The van der Waals surface area contributed by atoms with Gasteiger partial charge in [0.1, 0.15) is 5.60 Å². The lowest BCUT2D eigenvalue weighted by atomic mass is 9.99. The average molecular weight is 295 g/mol. The number of carbonyl (C=O) groups is 2. The second kappa shape index (κ2) is 4.02. The lowest BCUT2D eigenvalue weighted by Crippen LogP contribution is -2.44. The number of piperidine rings is 1. The molecule has 8 heteroatoms. The molecule has 1 amide bonds. The van der Waals surface area contributed by atoms with Crippen LogP contribution in [0.5, 0.6) is 0 Å². The summed E-state index contributed by atoms with van der Waals surface area (Å²) >= 11 is 0. The molecule has 1 saturated heterocycles. The van der Waals surface area contributed by atoms with Gasteiger partial charge in [0.2, 0.25) is 0 Å². The molecule has 0 aromatic heterocycles. The Kier molecular flexibility index (Phi) is 3.00. The maximum atomic E-state index is 13.0. The summed E-state index contributed by atoms with van der Waals surface area (Å²) in [5, 5.41) is 8.90. The van der Waals surface area contributed by atoms with E-state index in [0.717, 1.165) is 4.90 Å². The highest BCUT2D eigenvalue weighted by Crippen LogP contribution is 2.70. The van der Waals surface area contributed by atoms with Gasteiger partial charge >= 0.3 is 18.2 Å². The molecule has 114 valence electrons. The summed E-state index contributed by atoms with van der Waals surface area (Å²) < 4.78 is 43.9. The van der Waals surface area contributed by atoms with Crippen LogP contribution in [0, 0.1) is 17.3 Å². The van der Waals surface area contributed by atoms with Crippen molar-refractivity contribution < 1.29 is 32.6 Å². The van der Waals surface area contributed by atoms with E-state index in [-0.39, 0.29) is 13.1 Å². The zero-order valence-corrected chi connectivity index (χ0v) is 11.3. The van der Waals surface area contributed by atoms with Crippen molar-refractivity contribution in [2.75, 3.05) is 13.1 Å². The predicted octanol–water partition coefficient (Wildman–Crippen LogP) is 2.12. The van der Waals surface area contributed by atoms with Gasteiger partial charge in [-0.2, -0.15) is 13.2 Å². The van der Waals surface area contributed by atoms with Gasteiger partial charge in [-0.3, -0.25) is 4.79 Å². The first-order valence-electron chi connectivity index (χ1n) is 6.19. The number of amides is 1. The number of hydrogen-bond donors (Lipinski definition) is 1. The van der Waals surface area contributed by atoms with E-state index in [1.54, 1.807) is 20.8 Å². The summed E-state index contributed by atoms with van der Waals surface area (Å²) in [6, 6.07) is 0. The second-order valence-corrected chi connectivity index (χ2v) is 6.27. The third-order valence-electron chi connectivity index (χ3n) is 3.86. The van der Waals surface area contributed by atoms with E-state index in [0.29, 0.717) is 0 Å². The first-order chi connectivity index (χ1) is 8.91. The minimum absolute atomic E-state index is 0.231. The fraction of sp³-hybridized carbons (Fsp3) is 0.833. The number of likely N-dealkylation sites (tertiary alicyclic amines) is 1. The van der Waals surface area contributed by atoms with Crippen LogP contribution in [0.4, 0.5) is 18.0 Å². The monoisotopic (exact) mass is 295 g/mol. The third-order valence-corrected chi connectivity index (χ3v) is 3.86. The van der Waals surface area contributed by atoms with Gasteiger partial charge in [-0.15, -0.1) is 0 Å². The van der Waals surface area contributed by atoms with Crippen LogP contribution in [0.15, 0.2) is 0 Å². The van der Waals surface area contributed by atoms with Gasteiger partial charge in [-0.25, -0.2) is 4.79 Å². The number of carbonyl (C=O) groups excluding carboxylic acids is 1. The molecule has 5 nitrogen and oxygen atoms in total. The highest BCUT2D eigenvalue weighted by Gasteiger charge is 2.85. The number of fused-ring (bicyclic) bond motifs is 1. The molecule has 2 unspecified atom stereocenters. The number of rotatable bonds is 1. The van der Waals surface area contributed by atoms with Crippen LogP contribution in [0.25, 0.3) is 0 Å². The molecule has 0 spiro atoms. The van der Waals surface area contributed by atoms with E-state index in [1.165, 1.54) is 0 Å². The summed E-state index contributed by atoms with van der Waals surface area (Å²) in [6.45, 7) is 4.49. The summed E-state index contributed by atoms with van der Waals surface area (Å²) in [5.41, 5.74) is -3.43. The third kappa shape index (κ3) is 2.01. The van der Waals surface area contributed by atoms with E-state index >= 15 is 0 Å². The summed E-state index contributed by atoms with van der Waals surface area (Å²) in [5.74, 6) is -4.01. The van der Waals surface area contributed by atoms with E-state index < -0.39 is 41.1 Å². The van der Waals surface area contributed by atoms with Crippen molar-refractivity contribution in [2.45, 2.75) is 32.5 Å². The Morgan fingerprint density at radius 3 is 1.95 bits per heavy atom. The number of hydrogen-bond acceptors (Lipinski definition) is 3. The number of alkyl halides is 3. The van der Waals surface area contributed by atoms with Crippen LogP contribution in [0.3, 0.4) is 0 Å². The minimum atomic E-state index is -4.80. The maximum absolute atomic E-state index is 13.0. The van der Waals surface area contributed by atoms with Crippen molar-refractivity contribution in [1.82, 2.24) is 4.90 Å². The number of carboxylic acid groups (broad SMARTS) is 1. The highest BCUT2D eigenvalue weighted by atomic mass is 19.4. The SMILES string of the molecule is CC(C)(C)OC(=O)N1CC2C(C1)C2(C(=O)O)C(F)(F)F. The zero-order valence-electron chi connectivity index (χ0n) is 11.3. The van der Waals surface area contributed by atoms with Gasteiger partial charge in [0.05, 0.1) is 0 Å². The maximum Gasteiger partial charge on any atom is 0.410 e. The first-order valence-corrected chi connectivity index (χ1v) is 6.19. The number of ether oxygens (including phenoxy) is 1. The van der Waals surface area contributed by atoms with Gasteiger partial charge < -0.3 is 14.7 Å². The molecule has 20 heavy (non-hydrogen) atoms. The fourth-order valence-electron chi connectivity index (χ4n) is 2.96. The highest BCUT2D eigenvalue weighted by molar-refractivity contribution is 5.82. The van der Waals surface area contributed by atoms with Crippen molar-refractivity contribution in [2.24, 2.45) is 17.3 Å². The number of halogens is 3. The predicted molar refractivity (Wildman–Crippen MR) is 60.9 cm³/mol. The van der Waals surface area contributed by atoms with Crippen LogP contribution in [0.1, 0.15) is 20.8 Å². The largest absolute Gasteiger partial charge is 0.481 e. The molecule has 1 aliphatic heterocycles. The molecule has 0 bridgehead atoms. The first kappa shape index (κ1) is 14.9. The molecular weight excluding hydrogens is 279 g/mol. The normalized spacial score (nSPS) is 32.8. The van der Waals surface area contributed by atoms with Crippen LogP contribution in [-0.4, -0.2) is 46.9 Å². The lowest BCUT2D eigenvalue weighted by molar-refractivity contribution is -0.212. The minimum Gasteiger partial charge on any atom is -0.481 e. The van der Waals surface area contributed by atoms with Gasteiger partial charge in [0.25, 0.3) is 0 Å². The molecule has 0 radical (unpaired) electrons. The van der Waals surface area contributed by atoms with E-state index in [4.69, 9.17) is 9.84 Å². The Hall–Kier alpha value is -1.47. The quantitative estimate of drug-likeness (QED) is 0.804. The molecule has 1 heterocycles. The summed E-state index contributed by atoms with van der Waals surface area (Å²) in [6.07, 6.45) is -5.50. The standard InChI is InChI=1S/C12H16F3NO4/c1-10(2,3)20-9(19)16-4-6-7(5-16)11(6,8(17)18)12(13,14)15/h6-7H,4-5H2,1-3H3,(H,17,18). The number of nitrogens with zero attached hydrogens (tertiary/aromatic N) is 1. The molecule has 1 aliphatic carbocycles. The van der Waals surface area contributed by atoms with Crippen molar-refractivity contribution in [3.63, 3.8) is 0 Å². The zero-order chi connectivity index (χ0) is 15.5. The van der Waals surface area contributed by atoms with Gasteiger partial charge in [0, 0.05) is 24.9 Å². The Balaban J connectivity index is 2.06. The molecule has 1 N–H and O–H groups in total. The van der Waals surface area contributed by atoms with Crippen molar-refractivity contribution in [3.8, 4) is 0 Å². The number of carboxylic acids is 1. The van der Waals surface area contributed by atoms with Gasteiger partial charge in [-0.1, -0.05) is 0 Å². The van der Waals surface area contributed by atoms with E-state index in [1.807, 2.05) is 0 Å². The summed E-state index contributed by atoms with van der Waals surface area (Å²) in [4.78, 5) is 23.9. The molecule has 0 aromatic rings. The van der Waals surface area contributed by atoms with E-state index in [9.17, 15) is 22.8 Å². The van der Waals surface area contributed by atoms with Gasteiger partial charge in [-0.05, 0) is 20.8 Å². The molecule has 2 fully saturated rings. The number of aliphatic carboxylic acids is 1. The van der Waals surface area contributed by atoms with Crippen LogP contribution < -0.4 is 0 Å². The smallest absolute Gasteiger partial charge is 0.410 e. The van der Waals surface area contributed by atoms with Crippen LogP contribution >= 0.6 is 0 Å².